The van der Waals surface area contributed by atoms with E-state index in [1.165, 1.54) is 7.11 Å². The van der Waals surface area contributed by atoms with E-state index in [1.807, 2.05) is 11.6 Å². The first-order chi connectivity index (χ1) is 7.13. The van der Waals surface area contributed by atoms with Crippen LogP contribution >= 0.6 is 0 Å². The molecule has 0 aliphatic heterocycles. The van der Waals surface area contributed by atoms with E-state index in [2.05, 4.69) is 9.72 Å². The number of rotatable bonds is 1. The van der Waals surface area contributed by atoms with Crippen molar-refractivity contribution < 1.29 is 9.53 Å². The van der Waals surface area contributed by atoms with Crippen molar-refractivity contribution >= 4 is 22.7 Å². The third kappa shape index (κ3) is 1.41. The molecule has 0 saturated heterocycles. The first kappa shape index (κ1) is 9.51. The Morgan fingerprint density at radius 1 is 1.53 bits per heavy atom. The monoisotopic (exact) mass is 205 g/mol. The lowest BCUT2D eigenvalue weighted by molar-refractivity contribution is 0.0602. The lowest BCUT2D eigenvalue weighted by atomic mass is 10.1. The Bertz CT molecular complexity index is 531. The molecule has 5 nitrogen and oxygen atoms in total. The lowest BCUT2D eigenvalue weighted by Crippen LogP contribution is -2.05. The zero-order valence-electron chi connectivity index (χ0n) is 8.52. The molecule has 0 bridgehead atoms. The third-order valence-corrected chi connectivity index (χ3v) is 2.30. The van der Waals surface area contributed by atoms with Crippen molar-refractivity contribution in [3.63, 3.8) is 0 Å². The molecule has 1 aromatic heterocycles. The van der Waals surface area contributed by atoms with E-state index in [-0.39, 0.29) is 0 Å². The number of carbonyl (C=O) groups excluding carboxylic acids is 1. The second-order valence-corrected chi connectivity index (χ2v) is 3.28. The van der Waals surface area contributed by atoms with Crippen LogP contribution in [0.15, 0.2) is 18.5 Å². The molecule has 0 aliphatic rings. The third-order valence-electron chi connectivity index (χ3n) is 2.30. The SMILES string of the molecule is COC(=O)c1cc2ncn(C)c2cc1N. The van der Waals surface area contributed by atoms with Gasteiger partial charge in [0.1, 0.15) is 0 Å². The summed E-state index contributed by atoms with van der Waals surface area (Å²) in [5.74, 6) is -0.444. The van der Waals surface area contributed by atoms with Crippen LogP contribution in [0.25, 0.3) is 11.0 Å². The van der Waals surface area contributed by atoms with Gasteiger partial charge in [-0.05, 0) is 12.1 Å². The van der Waals surface area contributed by atoms with Crippen LogP contribution in [0.2, 0.25) is 0 Å². The Labute approximate surface area is 86.5 Å². The number of esters is 1. The molecule has 0 saturated carbocycles. The maximum absolute atomic E-state index is 11.3. The highest BCUT2D eigenvalue weighted by atomic mass is 16.5. The van der Waals surface area contributed by atoms with Gasteiger partial charge in [-0.2, -0.15) is 0 Å². The summed E-state index contributed by atoms with van der Waals surface area (Å²) in [6.45, 7) is 0. The van der Waals surface area contributed by atoms with Gasteiger partial charge in [-0.25, -0.2) is 9.78 Å². The number of aryl methyl sites for hydroxylation is 1. The molecule has 78 valence electrons. The first-order valence-electron chi connectivity index (χ1n) is 4.42. The minimum Gasteiger partial charge on any atom is -0.465 e. The van der Waals surface area contributed by atoms with E-state index in [4.69, 9.17) is 5.73 Å². The zero-order valence-corrected chi connectivity index (χ0v) is 8.52. The summed E-state index contributed by atoms with van der Waals surface area (Å²) in [7, 11) is 3.19. The molecule has 2 aromatic rings. The fourth-order valence-corrected chi connectivity index (χ4v) is 1.48. The minimum atomic E-state index is -0.444. The Morgan fingerprint density at radius 2 is 2.27 bits per heavy atom. The van der Waals surface area contributed by atoms with Crippen LogP contribution in [0, 0.1) is 0 Å². The molecule has 0 radical (unpaired) electrons. The molecule has 1 heterocycles. The highest BCUT2D eigenvalue weighted by molar-refractivity contribution is 5.99. The van der Waals surface area contributed by atoms with Gasteiger partial charge >= 0.3 is 5.97 Å². The number of aromatic nitrogens is 2. The molecule has 2 rings (SSSR count). The summed E-state index contributed by atoms with van der Waals surface area (Å²) < 4.78 is 6.46. The Balaban J connectivity index is 2.68. The highest BCUT2D eigenvalue weighted by Crippen LogP contribution is 2.21. The normalized spacial score (nSPS) is 10.5. The Morgan fingerprint density at radius 3 is 2.93 bits per heavy atom. The number of methoxy groups -OCH3 is 1. The van der Waals surface area contributed by atoms with Gasteiger partial charge in [0, 0.05) is 12.7 Å². The van der Waals surface area contributed by atoms with Crippen molar-refractivity contribution in [1.82, 2.24) is 9.55 Å². The van der Waals surface area contributed by atoms with Crippen LogP contribution in [0.5, 0.6) is 0 Å². The van der Waals surface area contributed by atoms with Crippen molar-refractivity contribution in [3.8, 4) is 0 Å². The average Bonchev–Trinajstić information content (AvgIpc) is 2.58. The number of benzene rings is 1. The number of fused-ring (bicyclic) bond motifs is 1. The van der Waals surface area contributed by atoms with Gasteiger partial charge in [-0.1, -0.05) is 0 Å². The first-order valence-corrected chi connectivity index (χ1v) is 4.42. The summed E-state index contributed by atoms with van der Waals surface area (Å²) in [6, 6.07) is 3.35. The van der Waals surface area contributed by atoms with Crippen molar-refractivity contribution in [2.45, 2.75) is 0 Å². The van der Waals surface area contributed by atoms with Crippen LogP contribution in [0.1, 0.15) is 10.4 Å². The lowest BCUT2D eigenvalue weighted by Gasteiger charge is -2.03. The van der Waals surface area contributed by atoms with E-state index >= 15 is 0 Å². The number of ether oxygens (including phenoxy) is 1. The molecule has 15 heavy (non-hydrogen) atoms. The second-order valence-electron chi connectivity index (χ2n) is 3.28. The molecule has 0 fully saturated rings. The van der Waals surface area contributed by atoms with Crippen LogP contribution in [0.3, 0.4) is 0 Å². The summed E-state index contributed by atoms with van der Waals surface area (Å²) in [6.07, 6.45) is 1.67. The van der Waals surface area contributed by atoms with E-state index in [9.17, 15) is 4.79 Å². The number of anilines is 1. The average molecular weight is 205 g/mol. The second kappa shape index (κ2) is 3.27. The van der Waals surface area contributed by atoms with Crippen molar-refractivity contribution in [3.05, 3.63) is 24.0 Å². The molecule has 0 spiro atoms. The highest BCUT2D eigenvalue weighted by Gasteiger charge is 2.12. The fourth-order valence-electron chi connectivity index (χ4n) is 1.48. The topological polar surface area (TPSA) is 70.1 Å². The zero-order chi connectivity index (χ0) is 11.0. The maximum Gasteiger partial charge on any atom is 0.340 e. The van der Waals surface area contributed by atoms with Crippen molar-refractivity contribution in [2.24, 2.45) is 7.05 Å². The molecule has 1 aromatic carbocycles. The molecule has 0 atom stereocenters. The van der Waals surface area contributed by atoms with Gasteiger partial charge in [0.25, 0.3) is 0 Å². The smallest absolute Gasteiger partial charge is 0.340 e. The number of carbonyl (C=O) groups is 1. The standard InChI is InChI=1S/C10H11N3O2/c1-13-5-12-8-3-6(10(14)15-2)7(11)4-9(8)13/h3-5H,11H2,1-2H3. The van der Waals surface area contributed by atoms with Gasteiger partial charge in [0.2, 0.25) is 0 Å². The molecule has 0 amide bonds. The molecular weight excluding hydrogens is 194 g/mol. The van der Waals surface area contributed by atoms with Gasteiger partial charge < -0.3 is 15.0 Å². The Kier molecular flexibility index (Phi) is 2.07. The Hall–Kier alpha value is -2.04. The maximum atomic E-state index is 11.3. The van der Waals surface area contributed by atoms with Gasteiger partial charge in [0.15, 0.2) is 0 Å². The summed E-state index contributed by atoms with van der Waals surface area (Å²) in [4.78, 5) is 15.5. The van der Waals surface area contributed by atoms with Crippen molar-refractivity contribution in [1.29, 1.82) is 0 Å². The van der Waals surface area contributed by atoms with Gasteiger partial charge in [-0.15, -0.1) is 0 Å². The van der Waals surface area contributed by atoms with Crippen molar-refractivity contribution in [2.75, 3.05) is 12.8 Å². The minimum absolute atomic E-state index is 0.351. The summed E-state index contributed by atoms with van der Waals surface area (Å²) in [5, 5.41) is 0. The molecule has 0 aliphatic carbocycles. The molecule has 5 heteroatoms. The number of nitrogen functional groups attached to an aromatic ring is 1. The van der Waals surface area contributed by atoms with E-state index in [0.29, 0.717) is 11.3 Å². The van der Waals surface area contributed by atoms with E-state index < -0.39 is 5.97 Å². The predicted octanol–water partition coefficient (Wildman–Crippen LogP) is 0.942. The van der Waals surface area contributed by atoms with Gasteiger partial charge in [0.05, 0.1) is 30.0 Å². The molecule has 0 unspecified atom stereocenters. The largest absolute Gasteiger partial charge is 0.465 e. The fraction of sp³-hybridized carbons (Fsp3) is 0.200. The summed E-state index contributed by atoms with van der Waals surface area (Å²) >= 11 is 0. The van der Waals surface area contributed by atoms with Crippen LogP contribution in [-0.4, -0.2) is 22.6 Å². The predicted molar refractivity (Wildman–Crippen MR) is 56.5 cm³/mol. The van der Waals surface area contributed by atoms with E-state index in [1.54, 1.807) is 18.5 Å². The number of imidazole rings is 1. The quantitative estimate of drug-likeness (QED) is 0.555. The number of nitrogens with two attached hydrogens (primary N) is 1. The number of nitrogens with zero attached hydrogens (tertiary/aromatic N) is 2. The van der Waals surface area contributed by atoms with Crippen LogP contribution in [-0.2, 0) is 11.8 Å². The van der Waals surface area contributed by atoms with Crippen LogP contribution in [0.4, 0.5) is 5.69 Å². The number of hydrogen-bond acceptors (Lipinski definition) is 4. The van der Waals surface area contributed by atoms with Crippen LogP contribution < -0.4 is 5.73 Å². The van der Waals surface area contributed by atoms with Gasteiger partial charge in [-0.3, -0.25) is 0 Å². The van der Waals surface area contributed by atoms with E-state index in [0.717, 1.165) is 11.0 Å². The molecule has 2 N–H and O–H groups in total. The number of hydrogen-bond donors (Lipinski definition) is 1. The summed E-state index contributed by atoms with van der Waals surface area (Å²) in [5.41, 5.74) is 8.12. The molecular formula is C10H11N3O2.